The molecule has 514 valence electrons. The Balaban J connectivity index is 4.92. The van der Waals surface area contributed by atoms with Crippen LogP contribution in [0.1, 0.15) is 387 Å². The van der Waals surface area contributed by atoms with Crippen molar-refractivity contribution in [3.8, 4) is 0 Å². The van der Waals surface area contributed by atoms with Crippen LogP contribution in [0.2, 0.25) is 0 Å². The number of rotatable bonds is 75. The van der Waals surface area contributed by atoms with E-state index in [1.54, 1.807) is 0 Å². The number of carbonyl (C=O) groups excluding carboxylic acids is 2. The molecule has 0 aromatic rings. The molecule has 10 nitrogen and oxygen atoms in total. The van der Waals surface area contributed by atoms with Crippen LogP contribution in [0.4, 0.5) is 0 Å². The van der Waals surface area contributed by atoms with Gasteiger partial charge in [-0.05, 0) is 90.6 Å². The minimum absolute atomic E-state index is 0.0978. The Kier molecular flexibility index (Phi) is 71.7. The van der Waals surface area contributed by atoms with Gasteiger partial charge in [0, 0.05) is 39.0 Å². The largest absolute Gasteiger partial charge is 0.466 e. The lowest BCUT2D eigenvalue weighted by molar-refractivity contribution is -0.144. The van der Waals surface area contributed by atoms with E-state index >= 15 is 0 Å². The van der Waals surface area contributed by atoms with Gasteiger partial charge < -0.3 is 40.1 Å². The van der Waals surface area contributed by atoms with E-state index in [0.717, 1.165) is 77.5 Å². The molecule has 0 aliphatic carbocycles. The fourth-order valence-corrected chi connectivity index (χ4v) is 12.3. The van der Waals surface area contributed by atoms with Crippen molar-refractivity contribution >= 4 is 11.9 Å². The summed E-state index contributed by atoms with van der Waals surface area (Å²) in [7, 11) is 0. The summed E-state index contributed by atoms with van der Waals surface area (Å²) >= 11 is 0. The fraction of sp³-hybridized carbons (Fsp3) is 0.974. The molecule has 0 amide bonds. The number of unbranched alkanes of at least 4 members (excludes halogenated alkanes) is 47. The maximum absolute atomic E-state index is 12.5. The summed E-state index contributed by atoms with van der Waals surface area (Å²) in [6.45, 7) is 18.0. The molecular formula is C76H154N4O6. The summed E-state index contributed by atoms with van der Waals surface area (Å²) in [5.74, 6) is -0.196. The molecule has 0 aliphatic rings. The van der Waals surface area contributed by atoms with Crippen LogP contribution in [0, 0.1) is 0 Å². The molecule has 0 fully saturated rings. The highest BCUT2D eigenvalue weighted by Gasteiger charge is 2.15. The molecule has 0 aromatic carbocycles. The van der Waals surface area contributed by atoms with E-state index in [1.165, 1.54) is 295 Å². The number of aliphatic hydroxyl groups excluding tert-OH is 2. The summed E-state index contributed by atoms with van der Waals surface area (Å²) < 4.78 is 11.1. The first-order valence-electron chi connectivity index (χ1n) is 38.9. The standard InChI is InChI=1S/C76H154N4O6/c1-5-9-13-17-21-25-29-33-37-41-45-49-55-67-85-75(83)59-57-61-77-69-73(81)71-79(63-51-47-43-39-35-31-27-23-19-15-11-7-3)65-53-54-66-80(64-52-48-44-40-36-32-28-24-20-16-12-8-4)72-74(82)70-78-62-58-60-76(84)86-68-56-50-46-42-38-34-30-26-22-18-14-10-6-2/h73-74,77-78,81-82H,5-72H2,1-4H3. The summed E-state index contributed by atoms with van der Waals surface area (Å²) in [6, 6.07) is 0. The molecule has 0 rings (SSSR count). The smallest absolute Gasteiger partial charge is 0.305 e. The second-order valence-corrected chi connectivity index (χ2v) is 26.9. The first-order valence-corrected chi connectivity index (χ1v) is 38.9. The topological polar surface area (TPSA) is 124 Å². The number of hydrogen-bond acceptors (Lipinski definition) is 10. The Morgan fingerprint density at radius 2 is 0.488 bits per heavy atom. The lowest BCUT2D eigenvalue weighted by Crippen LogP contribution is -2.40. The van der Waals surface area contributed by atoms with Crippen LogP contribution >= 0.6 is 0 Å². The molecule has 2 atom stereocenters. The van der Waals surface area contributed by atoms with Crippen LogP contribution in [0.3, 0.4) is 0 Å². The van der Waals surface area contributed by atoms with Crippen LogP contribution in [0.25, 0.3) is 0 Å². The third-order valence-corrected chi connectivity index (χ3v) is 18.0. The maximum atomic E-state index is 12.5. The van der Waals surface area contributed by atoms with E-state index in [0.29, 0.717) is 65.3 Å². The van der Waals surface area contributed by atoms with Crippen LogP contribution in [0.15, 0.2) is 0 Å². The van der Waals surface area contributed by atoms with Crippen molar-refractivity contribution in [2.45, 2.75) is 399 Å². The summed E-state index contributed by atoms with van der Waals surface area (Å²) in [5, 5.41) is 29.4. The van der Waals surface area contributed by atoms with E-state index in [4.69, 9.17) is 9.47 Å². The molecule has 0 saturated carbocycles. The molecular weight excluding hydrogens is 1060 g/mol. The van der Waals surface area contributed by atoms with Crippen molar-refractivity contribution in [1.29, 1.82) is 0 Å². The van der Waals surface area contributed by atoms with E-state index in [1.807, 2.05) is 0 Å². The van der Waals surface area contributed by atoms with Crippen molar-refractivity contribution in [2.24, 2.45) is 0 Å². The second-order valence-electron chi connectivity index (χ2n) is 26.9. The Morgan fingerprint density at radius 3 is 0.721 bits per heavy atom. The zero-order chi connectivity index (χ0) is 62.4. The van der Waals surface area contributed by atoms with E-state index < -0.39 is 12.2 Å². The van der Waals surface area contributed by atoms with Crippen LogP contribution in [0.5, 0.6) is 0 Å². The van der Waals surface area contributed by atoms with Gasteiger partial charge in [0.05, 0.1) is 25.4 Å². The Hall–Kier alpha value is -1.30. The van der Waals surface area contributed by atoms with Crippen LogP contribution < -0.4 is 10.6 Å². The lowest BCUT2D eigenvalue weighted by Gasteiger charge is -2.27. The number of aliphatic hydroxyl groups is 2. The SMILES string of the molecule is CCCCCCCCCCCCCCCOC(=O)CCCNCC(O)CN(CCCCCCCCCCCCCC)CCCCN(CCCCCCCCCCCCCC)CC(O)CNCCCC(=O)OCCCCCCCCCCCCCCC. The van der Waals surface area contributed by atoms with Gasteiger partial charge in [0.1, 0.15) is 0 Å². The quantitative estimate of drug-likeness (QED) is 0.0346. The number of carbonyl (C=O) groups is 2. The first-order chi connectivity index (χ1) is 42.4. The average molecular weight is 1220 g/mol. The highest BCUT2D eigenvalue weighted by atomic mass is 16.5. The summed E-state index contributed by atoms with van der Waals surface area (Å²) in [4.78, 5) is 29.9. The Bertz CT molecular complexity index is 1210. The molecule has 86 heavy (non-hydrogen) atoms. The number of ether oxygens (including phenoxy) is 2. The van der Waals surface area contributed by atoms with Crippen molar-refractivity contribution < 1.29 is 29.3 Å². The third kappa shape index (κ3) is 68.6. The molecule has 4 N–H and O–H groups in total. The third-order valence-electron chi connectivity index (χ3n) is 18.0. The minimum atomic E-state index is -0.459. The van der Waals surface area contributed by atoms with E-state index in [9.17, 15) is 19.8 Å². The zero-order valence-corrected chi connectivity index (χ0v) is 58.7. The van der Waals surface area contributed by atoms with Crippen LogP contribution in [-0.2, 0) is 19.1 Å². The van der Waals surface area contributed by atoms with Gasteiger partial charge in [-0.1, -0.05) is 323 Å². The maximum Gasteiger partial charge on any atom is 0.305 e. The molecule has 0 aliphatic heterocycles. The van der Waals surface area contributed by atoms with Gasteiger partial charge >= 0.3 is 11.9 Å². The Labute approximate surface area is 537 Å². The summed E-state index contributed by atoms with van der Waals surface area (Å²) in [5.41, 5.74) is 0. The van der Waals surface area contributed by atoms with Crippen LogP contribution in [-0.4, -0.2) is 123 Å². The van der Waals surface area contributed by atoms with Crippen molar-refractivity contribution in [3.05, 3.63) is 0 Å². The molecule has 0 radical (unpaired) electrons. The monoisotopic (exact) mass is 1220 g/mol. The van der Waals surface area contributed by atoms with Crippen molar-refractivity contribution in [2.75, 3.05) is 78.7 Å². The summed E-state index contributed by atoms with van der Waals surface area (Å²) in [6.07, 6.45) is 69.7. The highest BCUT2D eigenvalue weighted by Crippen LogP contribution is 2.17. The Morgan fingerprint density at radius 1 is 0.291 bits per heavy atom. The first kappa shape index (κ1) is 84.7. The predicted octanol–water partition coefficient (Wildman–Crippen LogP) is 20.5. The zero-order valence-electron chi connectivity index (χ0n) is 58.7. The molecule has 0 heterocycles. The van der Waals surface area contributed by atoms with Crippen molar-refractivity contribution in [1.82, 2.24) is 20.4 Å². The molecule has 0 aromatic heterocycles. The number of nitrogens with zero attached hydrogens (tertiary/aromatic N) is 2. The van der Waals surface area contributed by atoms with Gasteiger partial charge in [-0.2, -0.15) is 0 Å². The molecule has 0 saturated heterocycles. The highest BCUT2D eigenvalue weighted by molar-refractivity contribution is 5.69. The van der Waals surface area contributed by atoms with Gasteiger partial charge in [0.15, 0.2) is 0 Å². The minimum Gasteiger partial charge on any atom is -0.466 e. The second kappa shape index (κ2) is 72.8. The van der Waals surface area contributed by atoms with Gasteiger partial charge in [-0.15, -0.1) is 0 Å². The molecule has 10 heteroatoms. The number of esters is 2. The van der Waals surface area contributed by atoms with Gasteiger partial charge in [0.25, 0.3) is 0 Å². The van der Waals surface area contributed by atoms with E-state index in [-0.39, 0.29) is 11.9 Å². The number of hydrogen-bond donors (Lipinski definition) is 4. The van der Waals surface area contributed by atoms with Gasteiger partial charge in [-0.25, -0.2) is 0 Å². The average Bonchev–Trinajstić information content (AvgIpc) is 3.51. The molecule has 0 bridgehead atoms. The number of nitrogens with one attached hydrogen (secondary N) is 2. The van der Waals surface area contributed by atoms with Crippen molar-refractivity contribution in [3.63, 3.8) is 0 Å². The normalized spacial score (nSPS) is 12.5. The molecule has 0 spiro atoms. The van der Waals surface area contributed by atoms with E-state index in [2.05, 4.69) is 48.1 Å². The predicted molar refractivity (Wildman–Crippen MR) is 374 cm³/mol. The fourth-order valence-electron chi connectivity index (χ4n) is 12.3. The van der Waals surface area contributed by atoms with Gasteiger partial charge in [0.2, 0.25) is 0 Å². The molecule has 2 unspecified atom stereocenters. The lowest BCUT2D eigenvalue weighted by atomic mass is 10.0. The van der Waals surface area contributed by atoms with Gasteiger partial charge in [-0.3, -0.25) is 9.59 Å².